The van der Waals surface area contributed by atoms with Crippen molar-refractivity contribution in [2.45, 2.75) is 18.4 Å². The normalized spacial score (nSPS) is 19.4. The van der Waals surface area contributed by atoms with Gasteiger partial charge < -0.3 is 19.7 Å². The topological polar surface area (TPSA) is 63.9 Å². The van der Waals surface area contributed by atoms with E-state index in [1.165, 1.54) is 19.2 Å². The second-order valence-corrected chi connectivity index (χ2v) is 8.20. The standard InChI is InChI=1S/C19H22FN5O2S/c1-26-16-10-13(20)2-3-14(16)15-11-22-17-25(15)23-18(28-17)24-7-4-19(5-8-24)12-21-6-9-27-19/h2-3,10-11,21H,4-9,12H2,1H3. The van der Waals surface area contributed by atoms with Crippen LogP contribution in [0.15, 0.2) is 24.4 Å². The van der Waals surface area contributed by atoms with Gasteiger partial charge in [-0.3, -0.25) is 0 Å². The van der Waals surface area contributed by atoms with Gasteiger partial charge in [-0.05, 0) is 25.0 Å². The van der Waals surface area contributed by atoms with Crippen molar-refractivity contribution in [3.63, 3.8) is 0 Å². The number of imidazole rings is 1. The molecule has 7 nitrogen and oxygen atoms in total. The number of halogens is 1. The molecule has 1 spiro atoms. The van der Waals surface area contributed by atoms with Crippen molar-refractivity contribution >= 4 is 21.4 Å². The van der Waals surface area contributed by atoms with Gasteiger partial charge in [0.05, 0.1) is 31.2 Å². The van der Waals surface area contributed by atoms with Crippen LogP contribution in [-0.2, 0) is 4.74 Å². The van der Waals surface area contributed by atoms with Crippen LogP contribution >= 0.6 is 11.3 Å². The second-order valence-electron chi connectivity index (χ2n) is 7.26. The molecule has 0 aliphatic carbocycles. The molecule has 2 aromatic heterocycles. The number of methoxy groups -OCH3 is 1. The Bertz CT molecular complexity index is 988. The number of ether oxygens (including phenoxy) is 2. The zero-order valence-electron chi connectivity index (χ0n) is 15.7. The smallest absolute Gasteiger partial charge is 0.214 e. The minimum atomic E-state index is -0.331. The Morgan fingerprint density at radius 1 is 1.32 bits per heavy atom. The highest BCUT2D eigenvalue weighted by Gasteiger charge is 2.37. The van der Waals surface area contributed by atoms with E-state index in [9.17, 15) is 4.39 Å². The monoisotopic (exact) mass is 403 g/mol. The van der Waals surface area contributed by atoms with Crippen LogP contribution in [0, 0.1) is 5.82 Å². The maximum absolute atomic E-state index is 13.6. The summed E-state index contributed by atoms with van der Waals surface area (Å²) in [4.78, 5) is 7.61. The van der Waals surface area contributed by atoms with Crippen molar-refractivity contribution in [2.24, 2.45) is 0 Å². The molecule has 28 heavy (non-hydrogen) atoms. The number of anilines is 1. The molecule has 4 heterocycles. The molecule has 0 unspecified atom stereocenters. The molecule has 2 fully saturated rings. The van der Waals surface area contributed by atoms with E-state index in [2.05, 4.69) is 15.2 Å². The molecule has 2 aliphatic heterocycles. The zero-order valence-corrected chi connectivity index (χ0v) is 16.5. The Hall–Kier alpha value is -2.23. The fourth-order valence-electron chi connectivity index (χ4n) is 4.00. The molecule has 0 saturated carbocycles. The summed E-state index contributed by atoms with van der Waals surface area (Å²) < 4.78 is 26.8. The predicted molar refractivity (Wildman–Crippen MR) is 106 cm³/mol. The van der Waals surface area contributed by atoms with Crippen molar-refractivity contribution < 1.29 is 13.9 Å². The molecular weight excluding hydrogens is 381 g/mol. The third-order valence-electron chi connectivity index (χ3n) is 5.59. The molecular formula is C19H22FN5O2S. The molecule has 5 rings (SSSR count). The number of piperidine rings is 1. The van der Waals surface area contributed by atoms with Gasteiger partial charge in [0.25, 0.3) is 0 Å². The number of rotatable bonds is 3. The highest BCUT2D eigenvalue weighted by molar-refractivity contribution is 7.20. The second kappa shape index (κ2) is 6.98. The Morgan fingerprint density at radius 2 is 2.18 bits per heavy atom. The lowest BCUT2D eigenvalue weighted by Gasteiger charge is -2.43. The summed E-state index contributed by atoms with van der Waals surface area (Å²) in [5, 5.41) is 9.19. The molecule has 2 saturated heterocycles. The van der Waals surface area contributed by atoms with E-state index < -0.39 is 0 Å². The van der Waals surface area contributed by atoms with Crippen LogP contribution in [0.25, 0.3) is 16.2 Å². The maximum Gasteiger partial charge on any atom is 0.214 e. The van der Waals surface area contributed by atoms with Gasteiger partial charge in [0, 0.05) is 37.8 Å². The Balaban J connectivity index is 1.41. The lowest BCUT2D eigenvalue weighted by Crippen LogP contribution is -2.55. The summed E-state index contributed by atoms with van der Waals surface area (Å²) in [6, 6.07) is 4.51. The number of hydrogen-bond acceptors (Lipinski definition) is 7. The first-order valence-electron chi connectivity index (χ1n) is 9.46. The van der Waals surface area contributed by atoms with Gasteiger partial charge in [0.2, 0.25) is 10.1 Å². The molecule has 0 atom stereocenters. The van der Waals surface area contributed by atoms with Gasteiger partial charge >= 0.3 is 0 Å². The fraction of sp³-hybridized carbons (Fsp3) is 0.474. The molecule has 0 amide bonds. The molecule has 1 N–H and O–H groups in total. The first kappa shape index (κ1) is 17.8. The van der Waals surface area contributed by atoms with Crippen molar-refractivity contribution in [2.75, 3.05) is 44.8 Å². The summed E-state index contributed by atoms with van der Waals surface area (Å²) in [5.41, 5.74) is 1.54. The van der Waals surface area contributed by atoms with Crippen molar-refractivity contribution in [3.8, 4) is 17.0 Å². The minimum absolute atomic E-state index is 0.0290. The third-order valence-corrected chi connectivity index (χ3v) is 6.58. The van der Waals surface area contributed by atoms with Crippen LogP contribution in [0.3, 0.4) is 0 Å². The highest BCUT2D eigenvalue weighted by atomic mass is 32.1. The molecule has 3 aromatic rings. The molecule has 2 aliphatic rings. The summed E-state index contributed by atoms with van der Waals surface area (Å²) in [6.07, 6.45) is 3.73. The van der Waals surface area contributed by atoms with Gasteiger partial charge in [0.15, 0.2) is 0 Å². The van der Waals surface area contributed by atoms with Gasteiger partial charge in [0.1, 0.15) is 11.6 Å². The summed E-state index contributed by atoms with van der Waals surface area (Å²) in [5.74, 6) is 0.139. The van der Waals surface area contributed by atoms with E-state index in [0.29, 0.717) is 5.75 Å². The average molecular weight is 403 g/mol. The number of fused-ring (bicyclic) bond motifs is 1. The van der Waals surface area contributed by atoms with Crippen LogP contribution in [0.1, 0.15) is 12.8 Å². The van der Waals surface area contributed by atoms with Crippen LogP contribution < -0.4 is 15.0 Å². The first-order chi connectivity index (χ1) is 13.7. The van der Waals surface area contributed by atoms with Crippen LogP contribution in [0.5, 0.6) is 5.75 Å². The van der Waals surface area contributed by atoms with Crippen LogP contribution in [0.2, 0.25) is 0 Å². The van der Waals surface area contributed by atoms with Crippen molar-refractivity contribution in [1.29, 1.82) is 0 Å². The number of hydrogen-bond donors (Lipinski definition) is 1. The maximum atomic E-state index is 13.6. The first-order valence-corrected chi connectivity index (χ1v) is 10.3. The van der Waals surface area contributed by atoms with E-state index in [0.717, 1.165) is 67.0 Å². The Kier molecular flexibility index (Phi) is 4.45. The predicted octanol–water partition coefficient (Wildman–Crippen LogP) is 2.56. The van der Waals surface area contributed by atoms with Crippen molar-refractivity contribution in [3.05, 3.63) is 30.2 Å². The van der Waals surface area contributed by atoms with E-state index in [1.807, 2.05) is 4.52 Å². The Morgan fingerprint density at radius 3 is 2.93 bits per heavy atom. The van der Waals surface area contributed by atoms with Gasteiger partial charge in [-0.15, -0.1) is 5.10 Å². The largest absolute Gasteiger partial charge is 0.496 e. The van der Waals surface area contributed by atoms with E-state index in [-0.39, 0.29) is 11.4 Å². The lowest BCUT2D eigenvalue weighted by molar-refractivity contribution is -0.0799. The average Bonchev–Trinajstić information content (AvgIpc) is 3.30. The number of morpholine rings is 1. The van der Waals surface area contributed by atoms with E-state index in [4.69, 9.17) is 14.6 Å². The van der Waals surface area contributed by atoms with Crippen LogP contribution in [-0.4, -0.2) is 60.1 Å². The number of nitrogens with zero attached hydrogens (tertiary/aromatic N) is 4. The van der Waals surface area contributed by atoms with E-state index >= 15 is 0 Å². The zero-order chi connectivity index (χ0) is 19.1. The summed E-state index contributed by atoms with van der Waals surface area (Å²) >= 11 is 1.57. The Labute approximate surface area is 166 Å². The summed E-state index contributed by atoms with van der Waals surface area (Å²) in [7, 11) is 1.54. The molecule has 0 bridgehead atoms. The number of aromatic nitrogens is 3. The number of benzene rings is 1. The molecule has 148 valence electrons. The quantitative estimate of drug-likeness (QED) is 0.725. The van der Waals surface area contributed by atoms with Gasteiger partial charge in [-0.2, -0.15) is 0 Å². The SMILES string of the molecule is COc1cc(F)ccc1-c1cnc2sc(N3CCC4(CC3)CNCCO4)nn12. The molecule has 0 radical (unpaired) electrons. The molecule has 1 aromatic carbocycles. The third kappa shape index (κ3) is 3.03. The summed E-state index contributed by atoms with van der Waals surface area (Å²) in [6.45, 7) is 4.47. The van der Waals surface area contributed by atoms with E-state index in [1.54, 1.807) is 23.6 Å². The molecule has 9 heteroatoms. The minimum Gasteiger partial charge on any atom is -0.496 e. The number of nitrogens with one attached hydrogen (secondary N) is 1. The van der Waals surface area contributed by atoms with Gasteiger partial charge in [-0.25, -0.2) is 13.9 Å². The van der Waals surface area contributed by atoms with Crippen molar-refractivity contribution in [1.82, 2.24) is 19.9 Å². The van der Waals surface area contributed by atoms with Crippen LogP contribution in [0.4, 0.5) is 9.52 Å². The lowest BCUT2D eigenvalue weighted by atomic mass is 9.90. The fourth-order valence-corrected chi connectivity index (χ4v) is 4.93. The highest BCUT2D eigenvalue weighted by Crippen LogP contribution is 2.35. The van der Waals surface area contributed by atoms with Gasteiger partial charge in [-0.1, -0.05) is 11.3 Å².